The maximum atomic E-state index is 13.6. The molecule has 7 heteroatoms. The van der Waals surface area contributed by atoms with Crippen molar-refractivity contribution in [3.05, 3.63) is 53.1 Å². The van der Waals surface area contributed by atoms with E-state index >= 15 is 0 Å². The molecule has 0 amide bonds. The molecule has 0 aliphatic heterocycles. The number of nitrogens with zero attached hydrogens (tertiary/aromatic N) is 2. The molecule has 0 aliphatic rings. The van der Waals surface area contributed by atoms with Crippen LogP contribution in [0.1, 0.15) is 5.69 Å². The van der Waals surface area contributed by atoms with Crippen molar-refractivity contribution >= 4 is 0 Å². The van der Waals surface area contributed by atoms with Crippen molar-refractivity contribution in [1.29, 1.82) is 5.26 Å². The van der Waals surface area contributed by atoms with Crippen molar-refractivity contribution in [3.63, 3.8) is 0 Å². The molecule has 1 heterocycles. The standard InChI is InChI=1S/C13H5F5N2/c14-9-8(10(15)12(17)13(18)11(9)16)6-2-4-20-7(5-6)1-3-19/h2,4-5H,1H2. The third-order valence-corrected chi connectivity index (χ3v) is 2.58. The molecule has 2 nitrogen and oxygen atoms in total. The molecule has 1 aromatic heterocycles. The molecule has 1 aromatic carbocycles. The van der Waals surface area contributed by atoms with E-state index < -0.39 is 34.6 Å². The summed E-state index contributed by atoms with van der Waals surface area (Å²) in [6.45, 7) is 0. The molecule has 0 N–H and O–H groups in total. The summed E-state index contributed by atoms with van der Waals surface area (Å²) in [5, 5.41) is 8.51. The van der Waals surface area contributed by atoms with Crippen LogP contribution >= 0.6 is 0 Å². The van der Waals surface area contributed by atoms with Crippen LogP contribution in [-0.2, 0) is 6.42 Å². The zero-order valence-corrected chi connectivity index (χ0v) is 9.72. The van der Waals surface area contributed by atoms with Crippen LogP contribution in [-0.4, -0.2) is 4.98 Å². The van der Waals surface area contributed by atoms with Gasteiger partial charge in [0.2, 0.25) is 5.82 Å². The molecule has 0 saturated carbocycles. The van der Waals surface area contributed by atoms with Gasteiger partial charge in [-0.3, -0.25) is 4.98 Å². The summed E-state index contributed by atoms with van der Waals surface area (Å²) in [5.74, 6) is -10.1. The summed E-state index contributed by atoms with van der Waals surface area (Å²) in [6, 6.07) is 3.96. The number of nitriles is 1. The number of rotatable bonds is 2. The van der Waals surface area contributed by atoms with Gasteiger partial charge in [-0.15, -0.1) is 0 Å². The van der Waals surface area contributed by atoms with Crippen LogP contribution in [0.4, 0.5) is 22.0 Å². The van der Waals surface area contributed by atoms with Crippen LogP contribution in [0.3, 0.4) is 0 Å². The largest absolute Gasteiger partial charge is 0.260 e. The summed E-state index contributed by atoms with van der Waals surface area (Å²) >= 11 is 0. The van der Waals surface area contributed by atoms with Gasteiger partial charge in [0.05, 0.1) is 23.7 Å². The second-order valence-electron chi connectivity index (χ2n) is 3.82. The van der Waals surface area contributed by atoms with Gasteiger partial charge in [-0.05, 0) is 17.7 Å². The summed E-state index contributed by atoms with van der Waals surface area (Å²) in [7, 11) is 0. The molecule has 0 bridgehead atoms. The highest BCUT2D eigenvalue weighted by Gasteiger charge is 2.26. The van der Waals surface area contributed by atoms with Gasteiger partial charge in [0, 0.05) is 6.20 Å². The van der Waals surface area contributed by atoms with E-state index in [0.29, 0.717) is 0 Å². The number of benzene rings is 1. The first-order chi connectivity index (χ1) is 9.47. The summed E-state index contributed by atoms with van der Waals surface area (Å²) in [4.78, 5) is 3.75. The van der Waals surface area contributed by atoms with E-state index in [9.17, 15) is 22.0 Å². The first-order valence-corrected chi connectivity index (χ1v) is 5.31. The molecule has 0 saturated heterocycles. The molecule has 2 rings (SSSR count). The van der Waals surface area contributed by atoms with E-state index in [1.165, 1.54) is 0 Å². The van der Waals surface area contributed by atoms with Crippen molar-refractivity contribution in [2.75, 3.05) is 0 Å². The molecule has 0 spiro atoms. The lowest BCUT2D eigenvalue weighted by Gasteiger charge is -2.08. The van der Waals surface area contributed by atoms with Gasteiger partial charge in [0.25, 0.3) is 0 Å². The van der Waals surface area contributed by atoms with Crippen LogP contribution < -0.4 is 0 Å². The molecular formula is C13H5F5N2. The smallest absolute Gasteiger partial charge is 0.200 e. The maximum Gasteiger partial charge on any atom is 0.200 e. The van der Waals surface area contributed by atoms with E-state index in [2.05, 4.69) is 4.98 Å². The van der Waals surface area contributed by atoms with E-state index in [1.54, 1.807) is 6.07 Å². The predicted octanol–water partition coefficient (Wildman–Crippen LogP) is 3.51. The lowest BCUT2D eigenvalue weighted by atomic mass is 10.0. The Hall–Kier alpha value is -2.49. The minimum Gasteiger partial charge on any atom is -0.260 e. The topological polar surface area (TPSA) is 36.7 Å². The van der Waals surface area contributed by atoms with Crippen LogP contribution in [0.2, 0.25) is 0 Å². The third-order valence-electron chi connectivity index (χ3n) is 2.58. The summed E-state index contributed by atoms with van der Waals surface area (Å²) < 4.78 is 66.3. The second-order valence-corrected chi connectivity index (χ2v) is 3.82. The maximum absolute atomic E-state index is 13.6. The summed E-state index contributed by atoms with van der Waals surface area (Å²) in [6.07, 6.45) is 0.975. The van der Waals surface area contributed by atoms with Crippen LogP contribution in [0.5, 0.6) is 0 Å². The van der Waals surface area contributed by atoms with Crippen molar-refractivity contribution in [1.82, 2.24) is 4.98 Å². The van der Waals surface area contributed by atoms with Crippen LogP contribution in [0, 0.1) is 40.4 Å². The first kappa shape index (κ1) is 13.9. The SMILES string of the molecule is N#CCc1cc(-c2c(F)c(F)c(F)c(F)c2F)ccn1. The Morgan fingerprint density at radius 1 is 0.950 bits per heavy atom. The van der Waals surface area contributed by atoms with E-state index in [4.69, 9.17) is 5.26 Å². The fourth-order valence-corrected chi connectivity index (χ4v) is 1.67. The molecule has 0 fully saturated rings. The Morgan fingerprint density at radius 2 is 1.50 bits per heavy atom. The minimum atomic E-state index is -2.21. The van der Waals surface area contributed by atoms with Gasteiger partial charge < -0.3 is 0 Å². The molecule has 0 atom stereocenters. The number of halogens is 5. The highest BCUT2D eigenvalue weighted by molar-refractivity contribution is 5.65. The molecule has 20 heavy (non-hydrogen) atoms. The highest BCUT2D eigenvalue weighted by atomic mass is 19.2. The van der Waals surface area contributed by atoms with Crippen molar-refractivity contribution in [2.45, 2.75) is 6.42 Å². The van der Waals surface area contributed by atoms with Crippen LogP contribution in [0.15, 0.2) is 18.3 Å². The fraction of sp³-hybridized carbons (Fsp3) is 0.0769. The average molecular weight is 284 g/mol. The number of pyridine rings is 1. The Labute approximate surface area is 110 Å². The Balaban J connectivity index is 2.70. The van der Waals surface area contributed by atoms with Gasteiger partial charge in [-0.1, -0.05) is 0 Å². The lowest BCUT2D eigenvalue weighted by Crippen LogP contribution is -2.04. The first-order valence-electron chi connectivity index (χ1n) is 5.31. The zero-order valence-electron chi connectivity index (χ0n) is 9.72. The van der Waals surface area contributed by atoms with Crippen molar-refractivity contribution in [3.8, 4) is 17.2 Å². The molecule has 0 aliphatic carbocycles. The summed E-state index contributed by atoms with van der Waals surface area (Å²) in [5.41, 5.74) is -1.12. The van der Waals surface area contributed by atoms with Gasteiger partial charge in [-0.2, -0.15) is 5.26 Å². The normalized spacial score (nSPS) is 10.4. The van der Waals surface area contributed by atoms with E-state index in [0.717, 1.165) is 18.3 Å². The Bertz CT molecular complexity index is 692. The predicted molar refractivity (Wildman–Crippen MR) is 58.8 cm³/mol. The quantitative estimate of drug-likeness (QED) is 0.480. The third kappa shape index (κ3) is 2.20. The second kappa shape index (κ2) is 5.25. The number of aromatic nitrogens is 1. The number of hydrogen-bond acceptors (Lipinski definition) is 2. The van der Waals surface area contributed by atoms with E-state index in [-0.39, 0.29) is 17.7 Å². The monoisotopic (exact) mass is 284 g/mol. The zero-order chi connectivity index (χ0) is 14.9. The van der Waals surface area contributed by atoms with Gasteiger partial charge in [-0.25, -0.2) is 22.0 Å². The fourth-order valence-electron chi connectivity index (χ4n) is 1.67. The number of hydrogen-bond donors (Lipinski definition) is 0. The lowest BCUT2D eigenvalue weighted by molar-refractivity contribution is 0.381. The minimum absolute atomic E-state index is 0.150. The molecular weight excluding hydrogens is 279 g/mol. The van der Waals surface area contributed by atoms with Gasteiger partial charge in [0.15, 0.2) is 23.3 Å². The van der Waals surface area contributed by atoms with Crippen LogP contribution in [0.25, 0.3) is 11.1 Å². The molecule has 102 valence electrons. The van der Waals surface area contributed by atoms with Crippen molar-refractivity contribution in [2.24, 2.45) is 0 Å². The molecule has 0 unspecified atom stereocenters. The molecule has 2 aromatic rings. The van der Waals surface area contributed by atoms with Crippen molar-refractivity contribution < 1.29 is 22.0 Å². The van der Waals surface area contributed by atoms with E-state index in [1.807, 2.05) is 0 Å². The molecule has 0 radical (unpaired) electrons. The van der Waals surface area contributed by atoms with Gasteiger partial charge in [0.1, 0.15) is 0 Å². The van der Waals surface area contributed by atoms with Gasteiger partial charge >= 0.3 is 0 Å². The Kier molecular flexibility index (Phi) is 3.66. The average Bonchev–Trinajstić information content (AvgIpc) is 2.44. The Morgan fingerprint density at radius 3 is 2.05 bits per heavy atom. The highest BCUT2D eigenvalue weighted by Crippen LogP contribution is 2.31.